The number of Topliss-reactive ketones (excluding diaryl/α,β-unsaturated/α-hetero) is 1. The molecule has 3 aromatic carbocycles. The van der Waals surface area contributed by atoms with E-state index in [1.54, 1.807) is 38.1 Å². The van der Waals surface area contributed by atoms with Crippen molar-refractivity contribution in [3.8, 4) is 0 Å². The molecule has 0 radical (unpaired) electrons. The molecule has 1 aliphatic heterocycles. The second-order valence-electron chi connectivity index (χ2n) is 10.6. The second kappa shape index (κ2) is 12.2. The van der Waals surface area contributed by atoms with Gasteiger partial charge in [-0.05, 0) is 68.8 Å². The third kappa shape index (κ3) is 5.56. The molecule has 3 aromatic rings. The van der Waals surface area contributed by atoms with E-state index in [0.29, 0.717) is 30.6 Å². The molecule has 0 amide bonds. The monoisotopic (exact) mass is 535 g/mol. The van der Waals surface area contributed by atoms with E-state index in [1.807, 2.05) is 67.6 Å². The summed E-state index contributed by atoms with van der Waals surface area (Å²) < 4.78 is 0. The zero-order valence-corrected chi connectivity index (χ0v) is 23.2. The largest absolute Gasteiger partial charge is 0.481 e. The molecule has 2 N–H and O–H groups in total. The predicted octanol–water partition coefficient (Wildman–Crippen LogP) is 6.08. The van der Waals surface area contributed by atoms with Crippen LogP contribution < -0.4 is 0 Å². The Kier molecular flexibility index (Phi) is 9.53. The van der Waals surface area contributed by atoms with Gasteiger partial charge in [-0.15, -0.1) is 12.4 Å². The first-order valence-corrected chi connectivity index (χ1v) is 13.2. The number of hydrogen-bond donors (Lipinski definition) is 2. The molecule has 0 spiro atoms. The van der Waals surface area contributed by atoms with Gasteiger partial charge in [-0.2, -0.15) is 0 Å². The molecular formula is C32H38ClNO4. The summed E-state index contributed by atoms with van der Waals surface area (Å²) in [5, 5.41) is 22.0. The number of likely N-dealkylation sites (tertiary alicyclic amines) is 1. The Morgan fingerprint density at radius 3 is 1.82 bits per heavy atom. The van der Waals surface area contributed by atoms with E-state index >= 15 is 0 Å². The first kappa shape index (κ1) is 29.6. The summed E-state index contributed by atoms with van der Waals surface area (Å²) in [6.07, 6.45) is 2.12. The van der Waals surface area contributed by atoms with Crippen LogP contribution in [-0.4, -0.2) is 46.0 Å². The van der Waals surface area contributed by atoms with Gasteiger partial charge >= 0.3 is 5.97 Å². The molecule has 0 aliphatic carbocycles. The second-order valence-corrected chi connectivity index (χ2v) is 10.6. The van der Waals surface area contributed by atoms with Crippen LogP contribution in [0.25, 0.3) is 0 Å². The van der Waals surface area contributed by atoms with Crippen LogP contribution in [0.15, 0.2) is 84.9 Å². The third-order valence-electron chi connectivity index (χ3n) is 8.08. The van der Waals surface area contributed by atoms with Gasteiger partial charge in [0.15, 0.2) is 5.78 Å². The van der Waals surface area contributed by atoms with Crippen molar-refractivity contribution >= 4 is 24.2 Å². The minimum Gasteiger partial charge on any atom is -0.481 e. The molecule has 6 heteroatoms. The Bertz CT molecular complexity index is 1180. The molecule has 1 fully saturated rings. The molecule has 0 aromatic heterocycles. The van der Waals surface area contributed by atoms with Gasteiger partial charge in [0.05, 0.1) is 11.5 Å². The molecule has 4 rings (SSSR count). The van der Waals surface area contributed by atoms with Gasteiger partial charge in [0.2, 0.25) is 0 Å². The highest BCUT2D eigenvalue weighted by Crippen LogP contribution is 2.42. The van der Waals surface area contributed by atoms with Crippen molar-refractivity contribution < 1.29 is 19.8 Å². The molecule has 0 saturated carbocycles. The number of carboxylic acid groups (broad SMARTS) is 1. The number of carboxylic acids is 1. The fourth-order valence-electron chi connectivity index (χ4n) is 5.80. The predicted molar refractivity (Wildman–Crippen MR) is 153 cm³/mol. The lowest BCUT2D eigenvalue weighted by Gasteiger charge is -2.44. The van der Waals surface area contributed by atoms with Crippen molar-refractivity contribution in [2.24, 2.45) is 5.92 Å². The first-order valence-electron chi connectivity index (χ1n) is 13.2. The van der Waals surface area contributed by atoms with Crippen LogP contribution in [0, 0.1) is 5.92 Å². The fourth-order valence-corrected chi connectivity index (χ4v) is 5.80. The van der Waals surface area contributed by atoms with Crippen molar-refractivity contribution in [2.75, 3.05) is 13.1 Å². The Hall–Kier alpha value is -2.99. The lowest BCUT2D eigenvalue weighted by atomic mass is 9.71. The number of carbonyl (C=O) groups excluding carboxylic acids is 1. The van der Waals surface area contributed by atoms with E-state index in [2.05, 4.69) is 4.90 Å². The van der Waals surface area contributed by atoms with Crippen LogP contribution in [0.5, 0.6) is 0 Å². The topological polar surface area (TPSA) is 77.8 Å². The average molecular weight is 536 g/mol. The number of rotatable bonds is 9. The highest BCUT2D eigenvalue weighted by Gasteiger charge is 2.43. The minimum absolute atomic E-state index is 0. The molecule has 5 nitrogen and oxygen atoms in total. The summed E-state index contributed by atoms with van der Waals surface area (Å²) in [4.78, 5) is 28.0. The third-order valence-corrected chi connectivity index (χ3v) is 8.08. The molecule has 0 bridgehead atoms. The van der Waals surface area contributed by atoms with Gasteiger partial charge < -0.3 is 10.2 Å². The molecule has 1 unspecified atom stereocenters. The number of carbonyl (C=O) groups is 2. The number of hydrogen-bond acceptors (Lipinski definition) is 4. The summed E-state index contributed by atoms with van der Waals surface area (Å²) in [6, 6.07) is 26.4. The van der Waals surface area contributed by atoms with Crippen molar-refractivity contribution in [3.63, 3.8) is 0 Å². The zero-order valence-electron chi connectivity index (χ0n) is 22.3. The number of halogens is 1. The van der Waals surface area contributed by atoms with Crippen molar-refractivity contribution in [3.05, 3.63) is 107 Å². The Morgan fingerprint density at radius 2 is 1.34 bits per heavy atom. The summed E-state index contributed by atoms with van der Waals surface area (Å²) >= 11 is 0. The molecule has 202 valence electrons. The summed E-state index contributed by atoms with van der Waals surface area (Å²) in [7, 11) is 0. The standard InChI is InChI=1S/C32H37NO4.ClH/c1-4-28(29(34)26-17-11-12-18-27(26)31(2,3)30(35)36)33-21-19-25(20-22-33)32(37,23-13-7-5-8-14-23)24-15-9-6-10-16-24;/h5-18,25,28,37H,4,19-22H2,1-3H3,(H,35,36);1H. The van der Waals surface area contributed by atoms with E-state index in [0.717, 1.165) is 24.0 Å². The van der Waals surface area contributed by atoms with Gasteiger partial charge in [-0.25, -0.2) is 0 Å². The number of aliphatic carboxylic acids is 1. The van der Waals surface area contributed by atoms with Crippen LogP contribution in [0.1, 0.15) is 67.1 Å². The molecule has 38 heavy (non-hydrogen) atoms. The van der Waals surface area contributed by atoms with E-state index < -0.39 is 17.0 Å². The highest BCUT2D eigenvalue weighted by molar-refractivity contribution is 6.03. The fraction of sp³-hybridized carbons (Fsp3) is 0.375. The lowest BCUT2D eigenvalue weighted by Crippen LogP contribution is -2.49. The van der Waals surface area contributed by atoms with E-state index in [9.17, 15) is 19.8 Å². The first-order chi connectivity index (χ1) is 17.7. The maximum Gasteiger partial charge on any atom is 0.313 e. The van der Waals surface area contributed by atoms with E-state index in [-0.39, 0.29) is 30.2 Å². The number of aliphatic hydroxyl groups is 1. The van der Waals surface area contributed by atoms with Crippen LogP contribution in [0.4, 0.5) is 0 Å². The summed E-state index contributed by atoms with van der Waals surface area (Å²) in [6.45, 7) is 6.65. The van der Waals surface area contributed by atoms with E-state index in [4.69, 9.17) is 0 Å². The van der Waals surface area contributed by atoms with Gasteiger partial charge in [0, 0.05) is 5.56 Å². The quantitative estimate of drug-likeness (QED) is 0.325. The number of piperidine rings is 1. The number of nitrogens with zero attached hydrogens (tertiary/aromatic N) is 1. The molecule has 1 heterocycles. The smallest absolute Gasteiger partial charge is 0.313 e. The lowest BCUT2D eigenvalue weighted by molar-refractivity contribution is -0.142. The molecule has 1 saturated heterocycles. The SMILES string of the molecule is CCC(C(=O)c1ccccc1C(C)(C)C(=O)O)N1CCC(C(O)(c2ccccc2)c2ccccc2)CC1.Cl. The van der Waals surface area contributed by atoms with E-state index in [1.165, 1.54) is 0 Å². The maximum atomic E-state index is 13.8. The van der Waals surface area contributed by atoms with Crippen LogP contribution in [0.3, 0.4) is 0 Å². The Labute approximate surface area is 231 Å². The van der Waals surface area contributed by atoms with Crippen LogP contribution >= 0.6 is 12.4 Å². The van der Waals surface area contributed by atoms with Crippen molar-refractivity contribution in [1.82, 2.24) is 4.90 Å². The molecule has 1 aliphatic rings. The zero-order chi connectivity index (χ0) is 26.6. The van der Waals surface area contributed by atoms with Crippen LogP contribution in [-0.2, 0) is 15.8 Å². The van der Waals surface area contributed by atoms with Crippen LogP contribution in [0.2, 0.25) is 0 Å². The van der Waals surface area contributed by atoms with Gasteiger partial charge in [0.1, 0.15) is 5.60 Å². The number of benzene rings is 3. The van der Waals surface area contributed by atoms with Gasteiger partial charge in [-0.1, -0.05) is 91.9 Å². The minimum atomic E-state index is -1.17. The number of ketones is 1. The van der Waals surface area contributed by atoms with Crippen molar-refractivity contribution in [1.29, 1.82) is 0 Å². The maximum absolute atomic E-state index is 13.8. The average Bonchev–Trinajstić information content (AvgIpc) is 2.94. The van der Waals surface area contributed by atoms with Gasteiger partial charge in [-0.3, -0.25) is 14.5 Å². The molecule has 1 atom stereocenters. The summed E-state index contributed by atoms with van der Waals surface area (Å²) in [5.74, 6) is -0.991. The van der Waals surface area contributed by atoms with Crippen molar-refractivity contribution in [2.45, 2.75) is 57.1 Å². The summed E-state index contributed by atoms with van der Waals surface area (Å²) in [5.41, 5.74) is 0.509. The molecular weight excluding hydrogens is 498 g/mol. The Morgan fingerprint density at radius 1 is 0.868 bits per heavy atom. The Balaban J connectivity index is 0.00000400. The highest BCUT2D eigenvalue weighted by atomic mass is 35.5. The normalized spacial score (nSPS) is 15.9. The van der Waals surface area contributed by atoms with Gasteiger partial charge in [0.25, 0.3) is 0 Å².